The van der Waals surface area contributed by atoms with Crippen LogP contribution in [0.2, 0.25) is 0 Å². The summed E-state index contributed by atoms with van der Waals surface area (Å²) in [7, 11) is 0. The number of nitrogens with one attached hydrogen (secondary N) is 2. The van der Waals surface area contributed by atoms with Crippen molar-refractivity contribution in [3.8, 4) is 0 Å². The lowest BCUT2D eigenvalue weighted by Crippen LogP contribution is -2.19. The summed E-state index contributed by atoms with van der Waals surface area (Å²) in [5, 5.41) is 8.82. The van der Waals surface area contributed by atoms with Crippen LogP contribution in [0.5, 0.6) is 0 Å². The molecule has 0 unspecified atom stereocenters. The number of carbonyl (C=O) groups excluding carboxylic acids is 1. The Morgan fingerprint density at radius 1 is 0.792 bits per heavy atom. The van der Waals surface area contributed by atoms with Gasteiger partial charge in [-0.25, -0.2) is 4.79 Å². The SMILES string of the molecule is O=C(Nc1cnc2ccccc2c1)Nc1cccc2ccccc12. The third-order valence-corrected chi connectivity index (χ3v) is 3.89. The highest BCUT2D eigenvalue weighted by Crippen LogP contribution is 2.23. The summed E-state index contributed by atoms with van der Waals surface area (Å²) < 4.78 is 0. The Morgan fingerprint density at radius 2 is 1.54 bits per heavy atom. The molecule has 2 amide bonds. The van der Waals surface area contributed by atoms with E-state index >= 15 is 0 Å². The van der Waals surface area contributed by atoms with Crippen molar-refractivity contribution >= 4 is 39.1 Å². The molecule has 4 heteroatoms. The molecule has 2 N–H and O–H groups in total. The molecule has 116 valence electrons. The van der Waals surface area contributed by atoms with Crippen LogP contribution in [-0.4, -0.2) is 11.0 Å². The van der Waals surface area contributed by atoms with E-state index in [2.05, 4.69) is 15.6 Å². The smallest absolute Gasteiger partial charge is 0.307 e. The van der Waals surface area contributed by atoms with Gasteiger partial charge in [0, 0.05) is 10.8 Å². The standard InChI is InChI=1S/C20H15N3O/c24-20(22-16-12-15-7-2-4-10-18(15)21-13-16)23-19-11-5-8-14-6-1-3-9-17(14)19/h1-13H,(H2,22,23,24). The number of urea groups is 1. The van der Waals surface area contributed by atoms with Crippen molar-refractivity contribution in [3.05, 3.63) is 79.0 Å². The summed E-state index contributed by atoms with van der Waals surface area (Å²) in [6.07, 6.45) is 1.66. The van der Waals surface area contributed by atoms with Gasteiger partial charge in [-0.15, -0.1) is 0 Å². The van der Waals surface area contributed by atoms with Crippen LogP contribution in [0.1, 0.15) is 0 Å². The molecular weight excluding hydrogens is 298 g/mol. The predicted molar refractivity (Wildman–Crippen MR) is 98.3 cm³/mol. The van der Waals surface area contributed by atoms with Crippen LogP contribution in [0.15, 0.2) is 79.0 Å². The number of para-hydroxylation sites is 1. The summed E-state index contributed by atoms with van der Waals surface area (Å²) >= 11 is 0. The molecule has 0 saturated heterocycles. The number of fused-ring (bicyclic) bond motifs is 2. The van der Waals surface area contributed by atoms with Gasteiger partial charge < -0.3 is 10.6 Å². The van der Waals surface area contributed by atoms with Gasteiger partial charge in [-0.1, -0.05) is 54.6 Å². The monoisotopic (exact) mass is 313 g/mol. The van der Waals surface area contributed by atoms with E-state index in [1.54, 1.807) is 6.20 Å². The number of anilines is 2. The molecule has 4 nitrogen and oxygen atoms in total. The fraction of sp³-hybridized carbons (Fsp3) is 0. The van der Waals surface area contributed by atoms with Crippen LogP contribution in [-0.2, 0) is 0 Å². The second-order valence-corrected chi connectivity index (χ2v) is 5.52. The third kappa shape index (κ3) is 2.77. The van der Waals surface area contributed by atoms with Crippen molar-refractivity contribution in [3.63, 3.8) is 0 Å². The van der Waals surface area contributed by atoms with E-state index in [4.69, 9.17) is 0 Å². The highest BCUT2D eigenvalue weighted by atomic mass is 16.2. The number of nitrogens with zero attached hydrogens (tertiary/aromatic N) is 1. The first kappa shape index (κ1) is 14.2. The van der Waals surface area contributed by atoms with Gasteiger partial charge in [-0.2, -0.15) is 0 Å². The molecule has 3 aromatic carbocycles. The van der Waals surface area contributed by atoms with Gasteiger partial charge in [0.25, 0.3) is 0 Å². The molecule has 0 bridgehead atoms. The number of aromatic nitrogens is 1. The molecule has 24 heavy (non-hydrogen) atoms. The maximum absolute atomic E-state index is 12.3. The van der Waals surface area contributed by atoms with Crippen molar-refractivity contribution in [2.24, 2.45) is 0 Å². The van der Waals surface area contributed by atoms with E-state index in [1.165, 1.54) is 0 Å². The number of hydrogen-bond donors (Lipinski definition) is 2. The van der Waals surface area contributed by atoms with Gasteiger partial charge in [-0.3, -0.25) is 4.98 Å². The zero-order chi connectivity index (χ0) is 16.4. The second-order valence-electron chi connectivity index (χ2n) is 5.52. The zero-order valence-corrected chi connectivity index (χ0v) is 12.9. The van der Waals surface area contributed by atoms with Crippen molar-refractivity contribution in [1.29, 1.82) is 0 Å². The molecule has 0 atom stereocenters. The van der Waals surface area contributed by atoms with Crippen molar-refractivity contribution in [2.75, 3.05) is 10.6 Å². The van der Waals surface area contributed by atoms with E-state index in [0.717, 1.165) is 27.4 Å². The molecule has 0 spiro atoms. The van der Waals surface area contributed by atoms with Crippen LogP contribution in [0.25, 0.3) is 21.7 Å². The van der Waals surface area contributed by atoms with Gasteiger partial charge in [0.05, 0.1) is 23.1 Å². The molecule has 0 aliphatic heterocycles. The second kappa shape index (κ2) is 6.01. The van der Waals surface area contributed by atoms with Crippen molar-refractivity contribution in [1.82, 2.24) is 4.98 Å². The summed E-state index contributed by atoms with van der Waals surface area (Å²) in [6, 6.07) is 23.2. The molecular formula is C20H15N3O. The van der Waals surface area contributed by atoms with E-state index < -0.39 is 0 Å². The minimum atomic E-state index is -0.288. The average molecular weight is 313 g/mol. The van der Waals surface area contributed by atoms with E-state index in [-0.39, 0.29) is 6.03 Å². The van der Waals surface area contributed by atoms with Gasteiger partial charge >= 0.3 is 6.03 Å². The van der Waals surface area contributed by atoms with Gasteiger partial charge in [0.2, 0.25) is 0 Å². The molecule has 0 fully saturated rings. The van der Waals surface area contributed by atoms with Gasteiger partial charge in [0.15, 0.2) is 0 Å². The lowest BCUT2D eigenvalue weighted by Gasteiger charge is -2.10. The highest BCUT2D eigenvalue weighted by molar-refractivity contribution is 6.06. The number of carbonyl (C=O) groups is 1. The van der Waals surface area contributed by atoms with Crippen molar-refractivity contribution in [2.45, 2.75) is 0 Å². The zero-order valence-electron chi connectivity index (χ0n) is 12.9. The van der Waals surface area contributed by atoms with E-state index in [1.807, 2.05) is 72.8 Å². The number of hydrogen-bond acceptors (Lipinski definition) is 2. The molecule has 0 aliphatic carbocycles. The molecule has 1 aromatic heterocycles. The fourth-order valence-electron chi connectivity index (χ4n) is 2.76. The molecule has 0 aliphatic rings. The van der Waals surface area contributed by atoms with Crippen LogP contribution in [0.4, 0.5) is 16.2 Å². The predicted octanol–water partition coefficient (Wildman–Crippen LogP) is 5.03. The number of benzene rings is 3. The lowest BCUT2D eigenvalue weighted by atomic mass is 10.1. The maximum atomic E-state index is 12.3. The topological polar surface area (TPSA) is 54.0 Å². The van der Waals surface area contributed by atoms with Crippen molar-refractivity contribution < 1.29 is 4.79 Å². The van der Waals surface area contributed by atoms with Crippen LogP contribution in [0, 0.1) is 0 Å². The molecule has 0 saturated carbocycles. The maximum Gasteiger partial charge on any atom is 0.323 e. The Balaban J connectivity index is 1.57. The first-order valence-electron chi connectivity index (χ1n) is 7.70. The number of rotatable bonds is 2. The summed E-state index contributed by atoms with van der Waals surface area (Å²) in [4.78, 5) is 16.7. The lowest BCUT2D eigenvalue weighted by molar-refractivity contribution is 0.262. The average Bonchev–Trinajstić information content (AvgIpc) is 2.62. The Morgan fingerprint density at radius 3 is 2.46 bits per heavy atom. The normalized spacial score (nSPS) is 10.7. The fourth-order valence-corrected chi connectivity index (χ4v) is 2.76. The molecule has 0 radical (unpaired) electrons. The first-order chi connectivity index (χ1) is 11.8. The first-order valence-corrected chi connectivity index (χ1v) is 7.70. The minimum absolute atomic E-state index is 0.288. The molecule has 4 aromatic rings. The largest absolute Gasteiger partial charge is 0.323 e. The van der Waals surface area contributed by atoms with Gasteiger partial charge in [-0.05, 0) is 23.6 Å². The third-order valence-electron chi connectivity index (χ3n) is 3.89. The molecule has 4 rings (SSSR count). The summed E-state index contributed by atoms with van der Waals surface area (Å²) in [5.41, 5.74) is 2.34. The number of pyridine rings is 1. The van der Waals surface area contributed by atoms with E-state index in [0.29, 0.717) is 5.69 Å². The Kier molecular flexibility index (Phi) is 3.56. The Bertz CT molecular complexity index is 1040. The quantitative estimate of drug-likeness (QED) is 0.545. The van der Waals surface area contributed by atoms with Crippen LogP contribution < -0.4 is 10.6 Å². The van der Waals surface area contributed by atoms with Crippen LogP contribution >= 0.6 is 0 Å². The van der Waals surface area contributed by atoms with E-state index in [9.17, 15) is 4.79 Å². The summed E-state index contributed by atoms with van der Waals surface area (Å²) in [5.74, 6) is 0. The minimum Gasteiger partial charge on any atom is -0.307 e. The Hall–Kier alpha value is -3.40. The summed E-state index contributed by atoms with van der Waals surface area (Å²) in [6.45, 7) is 0. The molecule has 1 heterocycles. The van der Waals surface area contributed by atoms with Gasteiger partial charge in [0.1, 0.15) is 0 Å². The Labute approximate surface area is 139 Å². The number of amides is 2. The highest BCUT2D eigenvalue weighted by Gasteiger charge is 2.06. The van der Waals surface area contributed by atoms with Crippen LogP contribution in [0.3, 0.4) is 0 Å².